The molecule has 0 saturated heterocycles. The highest BCUT2D eigenvalue weighted by molar-refractivity contribution is 5.67. The lowest BCUT2D eigenvalue weighted by molar-refractivity contribution is -0.136. The monoisotopic (exact) mass is 208 g/mol. The molecule has 0 aliphatic carbocycles. The summed E-state index contributed by atoms with van der Waals surface area (Å²) in [6, 6.07) is 3.36. The Hall–Kier alpha value is -2.27. The van der Waals surface area contributed by atoms with Gasteiger partial charge >= 0.3 is 5.97 Å². The van der Waals surface area contributed by atoms with Crippen LogP contribution < -0.4 is 0 Å². The zero-order chi connectivity index (χ0) is 12.1. The van der Waals surface area contributed by atoms with Crippen molar-refractivity contribution in [3.05, 3.63) is 24.7 Å². The summed E-state index contributed by atoms with van der Waals surface area (Å²) in [5, 5.41) is 15.8. The fourth-order valence-corrected chi connectivity index (χ4v) is 0.371. The number of ether oxygens (including phenoxy) is 2. The number of carbonyl (C=O) groups is 1. The molecular formula is C10H12N2O3. The van der Waals surface area contributed by atoms with Crippen LogP contribution >= 0.6 is 0 Å². The number of carbonyl (C=O) groups excluding carboxylic acids is 1. The van der Waals surface area contributed by atoms with Gasteiger partial charge in [-0.3, -0.25) is 4.79 Å². The zero-order valence-corrected chi connectivity index (χ0v) is 8.69. The van der Waals surface area contributed by atoms with Crippen molar-refractivity contribution in [2.24, 2.45) is 0 Å². The topological polar surface area (TPSA) is 83.1 Å². The van der Waals surface area contributed by atoms with E-state index in [1.54, 1.807) is 12.1 Å². The Morgan fingerprint density at radius 3 is 2.40 bits per heavy atom. The van der Waals surface area contributed by atoms with Crippen LogP contribution in [-0.4, -0.2) is 12.6 Å². The maximum absolute atomic E-state index is 9.98. The fourth-order valence-electron chi connectivity index (χ4n) is 0.371. The molecule has 0 spiro atoms. The highest BCUT2D eigenvalue weighted by Gasteiger charge is 1.93. The first kappa shape index (κ1) is 15.2. The minimum atomic E-state index is -0.517. The second-order valence-electron chi connectivity index (χ2n) is 2.02. The van der Waals surface area contributed by atoms with E-state index in [2.05, 4.69) is 16.1 Å². The van der Waals surface area contributed by atoms with Crippen molar-refractivity contribution in [2.75, 3.05) is 6.61 Å². The van der Waals surface area contributed by atoms with Gasteiger partial charge in [0.1, 0.15) is 6.07 Å². The van der Waals surface area contributed by atoms with Gasteiger partial charge in [-0.2, -0.15) is 10.5 Å². The lowest BCUT2D eigenvalue weighted by Crippen LogP contribution is -1.94. The van der Waals surface area contributed by atoms with Crippen molar-refractivity contribution in [1.82, 2.24) is 0 Å². The third kappa shape index (κ3) is 18.6. The second-order valence-corrected chi connectivity index (χ2v) is 2.02. The molecule has 0 aliphatic heterocycles. The van der Waals surface area contributed by atoms with Crippen LogP contribution in [0.1, 0.15) is 13.8 Å². The molecule has 0 aromatic rings. The molecule has 80 valence electrons. The summed E-state index contributed by atoms with van der Waals surface area (Å²) in [6.07, 6.45) is 2.67. The Morgan fingerprint density at radius 2 is 2.13 bits per heavy atom. The molecule has 15 heavy (non-hydrogen) atoms. The van der Waals surface area contributed by atoms with E-state index in [0.29, 0.717) is 6.61 Å². The lowest BCUT2D eigenvalue weighted by Gasteiger charge is -1.90. The minimum absolute atomic E-state index is 0.169. The van der Waals surface area contributed by atoms with Gasteiger partial charge in [0.05, 0.1) is 25.0 Å². The van der Waals surface area contributed by atoms with Crippen molar-refractivity contribution in [1.29, 1.82) is 10.5 Å². The van der Waals surface area contributed by atoms with E-state index in [0.717, 1.165) is 0 Å². The van der Waals surface area contributed by atoms with E-state index in [-0.39, 0.29) is 5.76 Å². The third-order valence-electron chi connectivity index (χ3n) is 0.797. The highest BCUT2D eigenvalue weighted by atomic mass is 16.5. The molecule has 0 unspecified atom stereocenters. The van der Waals surface area contributed by atoms with Gasteiger partial charge in [-0.25, -0.2) is 0 Å². The van der Waals surface area contributed by atoms with Gasteiger partial charge in [0, 0.05) is 6.92 Å². The fraction of sp³-hybridized carbons (Fsp3) is 0.300. The van der Waals surface area contributed by atoms with Crippen molar-refractivity contribution in [3.8, 4) is 12.1 Å². The molecule has 0 bridgehead atoms. The Kier molecular flexibility index (Phi) is 11.9. The van der Waals surface area contributed by atoms with Crippen molar-refractivity contribution in [3.63, 3.8) is 0 Å². The van der Waals surface area contributed by atoms with Crippen LogP contribution in [0.25, 0.3) is 0 Å². The molecule has 0 fully saturated rings. The van der Waals surface area contributed by atoms with Crippen LogP contribution in [0.2, 0.25) is 0 Å². The summed E-state index contributed by atoms with van der Waals surface area (Å²) >= 11 is 0. The van der Waals surface area contributed by atoms with Gasteiger partial charge in [-0.05, 0) is 13.5 Å². The van der Waals surface area contributed by atoms with E-state index < -0.39 is 5.97 Å². The first-order chi connectivity index (χ1) is 7.08. The molecule has 0 radical (unpaired) electrons. The Morgan fingerprint density at radius 1 is 1.53 bits per heavy atom. The van der Waals surface area contributed by atoms with Crippen LogP contribution in [-0.2, 0) is 14.3 Å². The van der Waals surface area contributed by atoms with Crippen molar-refractivity contribution in [2.45, 2.75) is 13.8 Å². The van der Waals surface area contributed by atoms with Gasteiger partial charge < -0.3 is 9.47 Å². The molecule has 0 atom stereocenters. The molecule has 5 nitrogen and oxygen atoms in total. The average molecular weight is 208 g/mol. The number of allylic oxidation sites excluding steroid dienone is 2. The van der Waals surface area contributed by atoms with Crippen LogP contribution in [0.5, 0.6) is 0 Å². The average Bonchev–Trinajstić information content (AvgIpc) is 2.18. The normalized spacial score (nSPS) is 7.73. The van der Waals surface area contributed by atoms with E-state index in [1.165, 1.54) is 19.3 Å². The van der Waals surface area contributed by atoms with E-state index in [1.807, 2.05) is 6.92 Å². The van der Waals surface area contributed by atoms with Crippen molar-refractivity contribution < 1.29 is 14.3 Å². The van der Waals surface area contributed by atoms with Crippen molar-refractivity contribution >= 4 is 5.97 Å². The van der Waals surface area contributed by atoms with Gasteiger partial charge in [0.25, 0.3) is 0 Å². The summed E-state index contributed by atoms with van der Waals surface area (Å²) in [7, 11) is 0. The summed E-state index contributed by atoms with van der Waals surface area (Å²) in [5.41, 5.74) is 0. The van der Waals surface area contributed by atoms with Gasteiger partial charge in [-0.1, -0.05) is 0 Å². The molecule has 0 aromatic heterocycles. The maximum atomic E-state index is 9.98. The summed E-state index contributed by atoms with van der Waals surface area (Å²) in [5.74, 6) is -0.686. The molecule has 5 heteroatoms. The summed E-state index contributed by atoms with van der Waals surface area (Å²) in [4.78, 5) is 9.98. The van der Waals surface area contributed by atoms with Gasteiger partial charge in [0.15, 0.2) is 5.76 Å². The molecule has 0 aliphatic rings. The molecule has 0 amide bonds. The predicted molar refractivity (Wildman–Crippen MR) is 52.9 cm³/mol. The Bertz CT molecular complexity index is 308. The summed E-state index contributed by atoms with van der Waals surface area (Å²) < 4.78 is 8.88. The van der Waals surface area contributed by atoms with Crippen LogP contribution in [0.15, 0.2) is 24.7 Å². The quantitative estimate of drug-likeness (QED) is 0.400. The van der Waals surface area contributed by atoms with Crippen LogP contribution in [0, 0.1) is 22.7 Å². The van der Waals surface area contributed by atoms with Crippen LogP contribution in [0.4, 0.5) is 0 Å². The maximum Gasteiger partial charge on any atom is 0.308 e. The third-order valence-corrected chi connectivity index (χ3v) is 0.797. The Balaban J connectivity index is 0. The lowest BCUT2D eigenvalue weighted by atomic mass is 10.6. The molecule has 0 saturated carbocycles. The van der Waals surface area contributed by atoms with Gasteiger partial charge in [-0.15, -0.1) is 0 Å². The number of hydrogen-bond acceptors (Lipinski definition) is 5. The number of nitrogens with zero attached hydrogens (tertiary/aromatic N) is 2. The number of esters is 1. The largest absolute Gasteiger partial charge is 0.501 e. The highest BCUT2D eigenvalue weighted by Crippen LogP contribution is 1.88. The first-order valence-corrected chi connectivity index (χ1v) is 4.02. The Labute approximate surface area is 88.8 Å². The van der Waals surface area contributed by atoms with Gasteiger partial charge in [0.2, 0.25) is 0 Å². The van der Waals surface area contributed by atoms with E-state index in [9.17, 15) is 4.79 Å². The molecular weight excluding hydrogens is 196 g/mol. The zero-order valence-electron chi connectivity index (χ0n) is 8.69. The minimum Gasteiger partial charge on any atom is -0.501 e. The molecule has 0 N–H and O–H groups in total. The molecule has 0 rings (SSSR count). The standard InChI is InChI=1S/C5H5NO2.C5H7NO/c1-4(3-6)8-5(2)7;1-2-7-5-3-4-6/h1H2,2H3;3,5H,2H2,1H3. The number of hydrogen-bond donors (Lipinski definition) is 0. The van der Waals surface area contributed by atoms with Crippen LogP contribution in [0.3, 0.4) is 0 Å². The summed E-state index contributed by atoms with van der Waals surface area (Å²) in [6.45, 7) is 6.81. The smallest absolute Gasteiger partial charge is 0.308 e. The van der Waals surface area contributed by atoms with E-state index >= 15 is 0 Å². The SMILES string of the molecule is C=C(C#N)OC(C)=O.CCOC=CC#N. The number of nitriles is 2. The second kappa shape index (κ2) is 11.7. The molecule has 0 heterocycles. The molecule has 0 aromatic carbocycles. The van der Waals surface area contributed by atoms with E-state index in [4.69, 9.17) is 10.5 Å². The number of rotatable bonds is 3. The predicted octanol–water partition coefficient (Wildman–Crippen LogP) is 1.65. The first-order valence-electron chi connectivity index (χ1n) is 4.02.